The fourth-order valence-corrected chi connectivity index (χ4v) is 3.39. The van der Waals surface area contributed by atoms with Gasteiger partial charge in [0.25, 0.3) is 0 Å². The minimum Gasteiger partial charge on any atom is -0.349 e. The zero-order chi connectivity index (χ0) is 16.9. The number of amides is 1. The van der Waals surface area contributed by atoms with E-state index in [9.17, 15) is 13.2 Å². The number of carbonyl (C=O) groups is 1. The Hall–Kier alpha value is -2.41. The van der Waals surface area contributed by atoms with Crippen molar-refractivity contribution in [2.75, 3.05) is 10.6 Å². The minimum absolute atomic E-state index is 0.246. The van der Waals surface area contributed by atoms with Gasteiger partial charge in [-0.25, -0.2) is 8.42 Å². The number of nitrogens with one attached hydrogen (secondary N) is 1. The molecule has 1 N–H and O–H groups in total. The lowest BCUT2D eigenvalue weighted by Crippen LogP contribution is -2.47. The third kappa shape index (κ3) is 4.53. The summed E-state index contributed by atoms with van der Waals surface area (Å²) in [5.41, 5.74) is 1.16. The van der Waals surface area contributed by atoms with Crippen molar-refractivity contribution in [1.29, 1.82) is 0 Å². The number of hydrogen-bond acceptors (Lipinski definition) is 4. The molecular weight excluding hydrogens is 314 g/mol. The molecule has 0 aliphatic heterocycles. The number of hydrogen-bond donors (Lipinski definition) is 1. The van der Waals surface area contributed by atoms with E-state index in [2.05, 4.69) is 10.3 Å². The van der Waals surface area contributed by atoms with Crippen molar-refractivity contribution in [3.8, 4) is 0 Å². The van der Waals surface area contributed by atoms with Crippen LogP contribution in [0.5, 0.6) is 0 Å². The summed E-state index contributed by atoms with van der Waals surface area (Å²) in [6.45, 7) is 1.80. The molecule has 7 heteroatoms. The van der Waals surface area contributed by atoms with Crippen LogP contribution in [-0.2, 0) is 21.4 Å². The van der Waals surface area contributed by atoms with E-state index in [1.54, 1.807) is 55.6 Å². The topological polar surface area (TPSA) is 79.4 Å². The van der Waals surface area contributed by atoms with Crippen LogP contribution < -0.4 is 9.62 Å². The number of carbonyl (C=O) groups excluding carboxylic acids is 1. The molecule has 0 spiro atoms. The summed E-state index contributed by atoms with van der Waals surface area (Å²) in [7, 11) is -3.59. The maximum atomic E-state index is 12.3. The summed E-state index contributed by atoms with van der Waals surface area (Å²) in [4.78, 5) is 16.4. The van der Waals surface area contributed by atoms with Crippen LogP contribution in [-0.4, -0.2) is 31.6 Å². The molecule has 1 amide bonds. The van der Waals surface area contributed by atoms with E-state index in [0.29, 0.717) is 11.4 Å². The fraction of sp³-hybridized carbons (Fsp3) is 0.250. The van der Waals surface area contributed by atoms with Crippen molar-refractivity contribution in [2.45, 2.75) is 19.5 Å². The number of pyridine rings is 1. The number of nitrogens with zero attached hydrogens (tertiary/aromatic N) is 2. The van der Waals surface area contributed by atoms with Gasteiger partial charge in [0.2, 0.25) is 15.9 Å². The van der Waals surface area contributed by atoms with Gasteiger partial charge in [-0.2, -0.15) is 0 Å². The van der Waals surface area contributed by atoms with Gasteiger partial charge in [-0.1, -0.05) is 24.3 Å². The summed E-state index contributed by atoms with van der Waals surface area (Å²) in [5, 5.41) is 2.71. The second kappa shape index (κ2) is 7.23. The summed E-state index contributed by atoms with van der Waals surface area (Å²) in [6, 6.07) is 13.1. The molecule has 0 bridgehead atoms. The van der Waals surface area contributed by atoms with E-state index in [1.807, 2.05) is 6.07 Å². The van der Waals surface area contributed by atoms with Crippen molar-refractivity contribution >= 4 is 21.6 Å². The zero-order valence-electron chi connectivity index (χ0n) is 13.0. The van der Waals surface area contributed by atoms with Gasteiger partial charge in [0.1, 0.15) is 6.04 Å². The Kier molecular flexibility index (Phi) is 5.33. The first-order chi connectivity index (χ1) is 10.9. The normalized spacial score (nSPS) is 12.4. The van der Waals surface area contributed by atoms with Gasteiger partial charge >= 0.3 is 0 Å². The molecule has 6 nitrogen and oxygen atoms in total. The first kappa shape index (κ1) is 17.0. The number of para-hydroxylation sites is 1. The Labute approximate surface area is 136 Å². The molecule has 0 saturated carbocycles. The highest BCUT2D eigenvalue weighted by Crippen LogP contribution is 2.20. The molecule has 0 fully saturated rings. The van der Waals surface area contributed by atoms with E-state index < -0.39 is 16.1 Å². The largest absolute Gasteiger partial charge is 0.349 e. The van der Waals surface area contributed by atoms with Gasteiger partial charge in [-0.3, -0.25) is 14.1 Å². The van der Waals surface area contributed by atoms with Crippen LogP contribution in [0, 0.1) is 0 Å². The quantitative estimate of drug-likeness (QED) is 0.870. The van der Waals surface area contributed by atoms with E-state index in [1.165, 1.54) is 0 Å². The van der Waals surface area contributed by atoms with Gasteiger partial charge in [0, 0.05) is 6.20 Å². The van der Waals surface area contributed by atoms with E-state index in [0.717, 1.165) is 10.6 Å². The van der Waals surface area contributed by atoms with Crippen LogP contribution >= 0.6 is 0 Å². The maximum absolute atomic E-state index is 12.3. The number of aromatic nitrogens is 1. The first-order valence-corrected chi connectivity index (χ1v) is 8.96. The molecule has 0 radical (unpaired) electrons. The second-order valence-corrected chi connectivity index (χ2v) is 6.97. The smallest absolute Gasteiger partial charge is 0.243 e. The molecule has 0 aliphatic carbocycles. The van der Waals surface area contributed by atoms with Crippen LogP contribution in [0.1, 0.15) is 12.6 Å². The molecule has 0 unspecified atom stereocenters. The van der Waals surface area contributed by atoms with E-state index in [4.69, 9.17) is 0 Å². The molecule has 2 rings (SSSR count). The zero-order valence-corrected chi connectivity index (χ0v) is 13.8. The minimum atomic E-state index is -3.59. The molecule has 1 aromatic heterocycles. The molecular formula is C16H19N3O3S. The Morgan fingerprint density at radius 2 is 1.83 bits per heavy atom. The third-order valence-electron chi connectivity index (χ3n) is 3.27. The van der Waals surface area contributed by atoms with Gasteiger partial charge in [-0.15, -0.1) is 0 Å². The monoisotopic (exact) mass is 333 g/mol. The molecule has 0 aliphatic rings. The molecule has 1 atom stereocenters. The van der Waals surface area contributed by atoms with Crippen LogP contribution in [0.4, 0.5) is 5.69 Å². The van der Waals surface area contributed by atoms with Crippen LogP contribution in [0.3, 0.4) is 0 Å². The molecule has 0 saturated heterocycles. The van der Waals surface area contributed by atoms with Crippen molar-refractivity contribution in [1.82, 2.24) is 10.3 Å². The molecule has 1 heterocycles. The van der Waals surface area contributed by atoms with Crippen LogP contribution in [0.25, 0.3) is 0 Å². The van der Waals surface area contributed by atoms with Gasteiger partial charge in [0.05, 0.1) is 24.2 Å². The standard InChI is InChI=1S/C16H19N3O3S/c1-13(16(20)18-12-14-8-6-7-11-17-14)19(23(2,21)22)15-9-4-3-5-10-15/h3-11,13H,12H2,1-2H3,(H,18,20)/t13-/m0/s1. The number of anilines is 1. The lowest BCUT2D eigenvalue weighted by atomic mass is 10.2. The van der Waals surface area contributed by atoms with E-state index in [-0.39, 0.29) is 12.5 Å². The van der Waals surface area contributed by atoms with Crippen molar-refractivity contribution in [3.05, 3.63) is 60.4 Å². The van der Waals surface area contributed by atoms with Gasteiger partial charge < -0.3 is 5.32 Å². The summed E-state index contributed by atoms with van der Waals surface area (Å²) >= 11 is 0. The van der Waals surface area contributed by atoms with Gasteiger partial charge in [-0.05, 0) is 31.2 Å². The fourth-order valence-electron chi connectivity index (χ4n) is 2.21. The Morgan fingerprint density at radius 3 is 2.39 bits per heavy atom. The Balaban J connectivity index is 2.14. The summed E-state index contributed by atoms with van der Waals surface area (Å²) < 4.78 is 25.3. The first-order valence-electron chi connectivity index (χ1n) is 7.11. The van der Waals surface area contributed by atoms with Crippen LogP contribution in [0.15, 0.2) is 54.7 Å². The number of rotatable bonds is 6. The van der Waals surface area contributed by atoms with Crippen LogP contribution in [0.2, 0.25) is 0 Å². The second-order valence-electron chi connectivity index (χ2n) is 5.11. The highest BCUT2D eigenvalue weighted by atomic mass is 32.2. The summed E-state index contributed by atoms with van der Waals surface area (Å²) in [5.74, 6) is -0.384. The van der Waals surface area contributed by atoms with E-state index >= 15 is 0 Å². The van der Waals surface area contributed by atoms with Crippen molar-refractivity contribution < 1.29 is 13.2 Å². The number of sulfonamides is 1. The predicted molar refractivity (Wildman–Crippen MR) is 89.3 cm³/mol. The Morgan fingerprint density at radius 1 is 1.17 bits per heavy atom. The highest BCUT2D eigenvalue weighted by molar-refractivity contribution is 7.92. The Bertz CT molecular complexity index is 749. The highest BCUT2D eigenvalue weighted by Gasteiger charge is 2.28. The molecule has 2 aromatic rings. The third-order valence-corrected chi connectivity index (χ3v) is 4.51. The average molecular weight is 333 g/mol. The molecule has 1 aromatic carbocycles. The summed E-state index contributed by atoms with van der Waals surface area (Å²) in [6.07, 6.45) is 2.72. The number of benzene rings is 1. The SMILES string of the molecule is C[C@@H](C(=O)NCc1ccccn1)N(c1ccccc1)S(C)(=O)=O. The molecule has 23 heavy (non-hydrogen) atoms. The maximum Gasteiger partial charge on any atom is 0.243 e. The van der Waals surface area contributed by atoms with Crippen molar-refractivity contribution in [3.63, 3.8) is 0 Å². The van der Waals surface area contributed by atoms with Gasteiger partial charge in [0.15, 0.2) is 0 Å². The van der Waals surface area contributed by atoms with Crippen molar-refractivity contribution in [2.24, 2.45) is 0 Å². The lowest BCUT2D eigenvalue weighted by Gasteiger charge is -2.28. The lowest BCUT2D eigenvalue weighted by molar-refractivity contribution is -0.122. The predicted octanol–water partition coefficient (Wildman–Crippen LogP) is 1.55. The molecule has 122 valence electrons. The average Bonchev–Trinajstić information content (AvgIpc) is 2.53.